The molecule has 0 atom stereocenters. The van der Waals surface area contributed by atoms with Gasteiger partial charge in [0.25, 0.3) is 0 Å². The molecule has 0 aliphatic heterocycles. The van der Waals surface area contributed by atoms with Gasteiger partial charge in [-0.1, -0.05) is 0 Å². The molecule has 104 valence electrons. The Balaban J connectivity index is 2.29. The molecule has 0 heterocycles. The van der Waals surface area contributed by atoms with Crippen LogP contribution in [0.25, 0.3) is 0 Å². The molecule has 0 aliphatic carbocycles. The summed E-state index contributed by atoms with van der Waals surface area (Å²) in [6.45, 7) is 0. The van der Waals surface area contributed by atoms with Gasteiger partial charge in [0.05, 0.1) is 0 Å². The van der Waals surface area contributed by atoms with E-state index in [0.29, 0.717) is 0 Å². The van der Waals surface area contributed by atoms with Crippen molar-refractivity contribution in [1.29, 1.82) is 0 Å². The molecule has 0 aromatic heterocycles. The van der Waals surface area contributed by atoms with Crippen LogP contribution in [-0.4, -0.2) is 24.1 Å². The first-order chi connectivity index (χ1) is 10.4. The van der Waals surface area contributed by atoms with Crippen LogP contribution < -0.4 is 9.37 Å². The summed E-state index contributed by atoms with van der Waals surface area (Å²) in [5.74, 6) is 0. The van der Waals surface area contributed by atoms with Crippen LogP contribution in [0.15, 0.2) is 91.0 Å². The van der Waals surface area contributed by atoms with Crippen molar-refractivity contribution in [3.63, 3.8) is 0 Å². The van der Waals surface area contributed by atoms with Crippen LogP contribution in [0.2, 0.25) is 0 Å². The van der Waals surface area contributed by atoms with E-state index in [2.05, 4.69) is 107 Å². The topological polar surface area (TPSA) is 0 Å². The third-order valence-electron chi connectivity index (χ3n) is 4.00. The molecule has 0 fully saturated rings. The quantitative estimate of drug-likeness (QED) is 0.358. The van der Waals surface area contributed by atoms with Crippen LogP contribution in [0.4, 0.5) is 0 Å². The third kappa shape index (κ3) is 2.86. The number of alkyl halides is 1. The van der Waals surface area contributed by atoms with Crippen molar-refractivity contribution in [2.45, 2.75) is 0 Å². The van der Waals surface area contributed by atoms with Crippen LogP contribution in [-0.2, 0) is 0 Å². The summed E-state index contributed by atoms with van der Waals surface area (Å²) in [5.41, 5.74) is 0. The van der Waals surface area contributed by atoms with Gasteiger partial charge in [-0.25, -0.2) is 0 Å². The molecule has 21 heavy (non-hydrogen) atoms. The van der Waals surface area contributed by atoms with Crippen LogP contribution >= 0.6 is 15.9 Å². The molecular formula is C19H17BrPb. The third-order valence-corrected chi connectivity index (χ3v) is 28.3. The Kier molecular flexibility index (Phi) is 4.91. The summed E-state index contributed by atoms with van der Waals surface area (Å²) in [6, 6.07) is 33.2. The molecule has 0 spiro atoms. The monoisotopic (exact) mass is 532 g/mol. The van der Waals surface area contributed by atoms with E-state index in [1.165, 1.54) is 9.37 Å². The second-order valence-corrected chi connectivity index (χ2v) is 24.9. The summed E-state index contributed by atoms with van der Waals surface area (Å²) >= 11 is 0.810. The second kappa shape index (κ2) is 6.88. The molecule has 0 saturated carbocycles. The SMILES string of the molecule is Br[CH2][Pb]([c]1ccccc1)([c]1ccccc1)[c]1ccccc1. The number of halogens is 1. The van der Waals surface area contributed by atoms with E-state index in [0.717, 1.165) is 2.89 Å². The maximum atomic E-state index is 3.88. The van der Waals surface area contributed by atoms with Crippen molar-refractivity contribution in [1.82, 2.24) is 0 Å². The van der Waals surface area contributed by atoms with Gasteiger partial charge in [-0.15, -0.1) is 0 Å². The summed E-state index contributed by atoms with van der Waals surface area (Å²) in [7, 11) is 0. The van der Waals surface area contributed by atoms with Gasteiger partial charge in [0.15, 0.2) is 0 Å². The zero-order valence-electron chi connectivity index (χ0n) is 11.7. The molecule has 0 amide bonds. The first-order valence-corrected chi connectivity index (χ1v) is 16.8. The van der Waals surface area contributed by atoms with Gasteiger partial charge in [0, 0.05) is 0 Å². The van der Waals surface area contributed by atoms with Crippen molar-refractivity contribution < 1.29 is 0 Å². The summed E-state index contributed by atoms with van der Waals surface area (Å²) < 4.78 is 5.65. The Hall–Kier alpha value is -0.938. The number of hydrogen-bond donors (Lipinski definition) is 0. The van der Waals surface area contributed by atoms with Crippen LogP contribution in [0.3, 0.4) is 0 Å². The standard InChI is InChI=1S/3C6H5.CH2Br.Pb/c3*1-2-4-6-5-3-1;1-2;/h3*1-5H;1H2;. The maximum absolute atomic E-state index is 3.88. The fourth-order valence-electron chi connectivity index (χ4n) is 2.90. The van der Waals surface area contributed by atoms with E-state index in [1.54, 1.807) is 0 Å². The Labute approximate surface area is 139 Å². The van der Waals surface area contributed by atoms with Gasteiger partial charge in [-0.2, -0.15) is 0 Å². The van der Waals surface area contributed by atoms with E-state index >= 15 is 0 Å². The van der Waals surface area contributed by atoms with E-state index in [1.807, 2.05) is 0 Å². The summed E-state index contributed by atoms with van der Waals surface area (Å²) in [4.78, 5) is 0. The zero-order chi connectivity index (χ0) is 14.5. The number of benzene rings is 3. The van der Waals surface area contributed by atoms with Crippen molar-refractivity contribution in [3.05, 3.63) is 91.0 Å². The average Bonchev–Trinajstić information content (AvgIpc) is 2.59. The summed E-state index contributed by atoms with van der Waals surface area (Å²) in [6.07, 6.45) is 0. The molecule has 0 N–H and O–H groups in total. The molecule has 0 aliphatic rings. The van der Waals surface area contributed by atoms with Gasteiger partial charge in [0.2, 0.25) is 0 Å². The predicted octanol–water partition coefficient (Wildman–Crippen LogP) is 3.09. The second-order valence-electron chi connectivity index (χ2n) is 5.14. The molecule has 0 unspecified atom stereocenters. The first-order valence-electron chi connectivity index (χ1n) is 7.10. The molecule has 0 nitrogen and oxygen atoms in total. The van der Waals surface area contributed by atoms with Gasteiger partial charge < -0.3 is 0 Å². The van der Waals surface area contributed by atoms with Gasteiger partial charge in [0.1, 0.15) is 0 Å². The van der Waals surface area contributed by atoms with Crippen molar-refractivity contribution in [3.8, 4) is 0 Å². The van der Waals surface area contributed by atoms with Crippen LogP contribution in [0.5, 0.6) is 0 Å². The molecule has 3 rings (SSSR count). The minimum absolute atomic E-state index is 1.07. The molecule has 2 heteroatoms. The fraction of sp³-hybridized carbons (Fsp3) is 0.0526. The number of hydrogen-bond acceptors (Lipinski definition) is 0. The van der Waals surface area contributed by atoms with Crippen molar-refractivity contribution in [2.24, 2.45) is 0 Å². The Morgan fingerprint density at radius 2 is 0.810 bits per heavy atom. The normalized spacial score (nSPS) is 11.3. The predicted molar refractivity (Wildman–Crippen MR) is 97.8 cm³/mol. The molecule has 3 aromatic rings. The van der Waals surface area contributed by atoms with E-state index < -0.39 is 21.2 Å². The fourth-order valence-corrected chi connectivity index (χ4v) is 26.0. The molecule has 3 aromatic carbocycles. The van der Waals surface area contributed by atoms with Gasteiger partial charge in [-0.05, 0) is 0 Å². The summed E-state index contributed by atoms with van der Waals surface area (Å²) in [5, 5.41) is 0. The van der Waals surface area contributed by atoms with Gasteiger partial charge >= 0.3 is 140 Å². The van der Waals surface area contributed by atoms with Crippen LogP contribution in [0, 0.1) is 0 Å². The molecule has 0 radical (unpaired) electrons. The number of rotatable bonds is 4. The van der Waals surface area contributed by atoms with Crippen LogP contribution in [0.1, 0.15) is 0 Å². The first kappa shape index (κ1) is 15.0. The Morgan fingerprint density at radius 3 is 1.05 bits per heavy atom. The molecular weight excluding hydrogens is 515 g/mol. The Morgan fingerprint density at radius 1 is 0.524 bits per heavy atom. The molecule has 0 saturated heterocycles. The minimum atomic E-state index is -3.07. The van der Waals surface area contributed by atoms with Crippen molar-refractivity contribution >= 4 is 46.5 Å². The van der Waals surface area contributed by atoms with Gasteiger partial charge in [-0.3, -0.25) is 0 Å². The molecule has 0 bridgehead atoms. The zero-order valence-corrected chi connectivity index (χ0v) is 17.2. The Bertz CT molecular complexity index is 584. The average molecular weight is 532 g/mol. The van der Waals surface area contributed by atoms with E-state index in [9.17, 15) is 0 Å². The van der Waals surface area contributed by atoms with E-state index in [-0.39, 0.29) is 0 Å². The van der Waals surface area contributed by atoms with E-state index in [4.69, 9.17) is 0 Å². The van der Waals surface area contributed by atoms with Crippen molar-refractivity contribution in [2.75, 3.05) is 2.89 Å².